The molecular formula is C17H19N3O5. The van der Waals surface area contributed by atoms with Gasteiger partial charge in [0.05, 0.1) is 25.8 Å². The van der Waals surface area contributed by atoms with Gasteiger partial charge >= 0.3 is 0 Å². The number of ether oxygens (including phenoxy) is 2. The fourth-order valence-corrected chi connectivity index (χ4v) is 3.37. The number of nitrogens with two attached hydrogens (primary N) is 1. The van der Waals surface area contributed by atoms with Crippen molar-refractivity contribution in [3.8, 4) is 5.75 Å². The number of nitrogens with zero attached hydrogens (tertiary/aromatic N) is 2. The lowest BCUT2D eigenvalue weighted by molar-refractivity contribution is -0.163. The minimum Gasteiger partial charge on any atom is -0.486 e. The molecule has 1 aromatic carbocycles. The van der Waals surface area contributed by atoms with Gasteiger partial charge in [0.1, 0.15) is 11.9 Å². The third kappa shape index (κ3) is 2.77. The molecule has 0 aromatic heterocycles. The number of amides is 3. The molecule has 4 rings (SSSR count). The van der Waals surface area contributed by atoms with Crippen LogP contribution in [0, 0.1) is 0 Å². The lowest BCUT2D eigenvalue weighted by Gasteiger charge is -2.32. The number of hydrogen-bond acceptors (Lipinski definition) is 6. The quantitative estimate of drug-likeness (QED) is 0.785. The normalized spacial score (nSPS) is 26.4. The van der Waals surface area contributed by atoms with Gasteiger partial charge in [-0.3, -0.25) is 14.4 Å². The molecule has 2 fully saturated rings. The summed E-state index contributed by atoms with van der Waals surface area (Å²) in [6.07, 6.45) is 0.862. The van der Waals surface area contributed by atoms with Crippen LogP contribution in [-0.4, -0.2) is 53.1 Å². The van der Waals surface area contributed by atoms with Crippen LogP contribution in [0.15, 0.2) is 18.2 Å². The zero-order chi connectivity index (χ0) is 17.6. The van der Waals surface area contributed by atoms with Crippen molar-refractivity contribution >= 4 is 17.7 Å². The smallest absolute Gasteiger partial charge is 0.273 e. The minimum absolute atomic E-state index is 0.177. The highest BCUT2D eigenvalue weighted by atomic mass is 16.5. The van der Waals surface area contributed by atoms with Gasteiger partial charge in [0.25, 0.3) is 5.91 Å². The van der Waals surface area contributed by atoms with Crippen LogP contribution in [0.2, 0.25) is 0 Å². The van der Waals surface area contributed by atoms with Gasteiger partial charge < -0.3 is 15.2 Å². The van der Waals surface area contributed by atoms with E-state index in [1.165, 1.54) is 5.01 Å². The first-order valence-corrected chi connectivity index (χ1v) is 8.35. The molecule has 0 unspecified atom stereocenters. The van der Waals surface area contributed by atoms with E-state index in [4.69, 9.17) is 15.2 Å². The van der Waals surface area contributed by atoms with Gasteiger partial charge in [-0.15, -0.1) is 0 Å². The number of fused-ring (bicyclic) bond motifs is 1. The van der Waals surface area contributed by atoms with Gasteiger partial charge in [-0.1, -0.05) is 0 Å². The Balaban J connectivity index is 1.54. The van der Waals surface area contributed by atoms with Gasteiger partial charge in [0, 0.05) is 18.4 Å². The summed E-state index contributed by atoms with van der Waals surface area (Å²) in [5, 5.41) is 2.22. The van der Waals surface area contributed by atoms with E-state index < -0.39 is 0 Å². The molecule has 0 saturated carbocycles. The first-order chi connectivity index (χ1) is 12.0. The zero-order valence-electron chi connectivity index (χ0n) is 13.6. The Morgan fingerprint density at radius 1 is 1.12 bits per heavy atom. The van der Waals surface area contributed by atoms with E-state index in [0.717, 1.165) is 10.6 Å². The van der Waals surface area contributed by atoms with Gasteiger partial charge in [-0.05, 0) is 30.2 Å². The molecule has 132 valence electrons. The Morgan fingerprint density at radius 2 is 1.88 bits per heavy atom. The van der Waals surface area contributed by atoms with Crippen molar-refractivity contribution < 1.29 is 23.9 Å². The van der Waals surface area contributed by atoms with Crippen LogP contribution >= 0.6 is 0 Å². The van der Waals surface area contributed by atoms with Crippen molar-refractivity contribution in [1.82, 2.24) is 10.0 Å². The van der Waals surface area contributed by atoms with Gasteiger partial charge in [0.15, 0.2) is 0 Å². The molecule has 3 aliphatic rings. The van der Waals surface area contributed by atoms with Crippen LogP contribution in [0.25, 0.3) is 0 Å². The lowest BCUT2D eigenvalue weighted by Crippen LogP contribution is -2.51. The van der Waals surface area contributed by atoms with Crippen LogP contribution < -0.4 is 10.5 Å². The molecule has 0 radical (unpaired) electrons. The minimum atomic E-state index is -0.342. The Labute approximate surface area is 144 Å². The number of carbonyl (C=O) groups excluding carboxylic acids is 3. The van der Waals surface area contributed by atoms with Crippen molar-refractivity contribution in [3.63, 3.8) is 0 Å². The Hall–Kier alpha value is -2.45. The molecule has 8 nitrogen and oxygen atoms in total. The predicted octanol–water partition coefficient (Wildman–Crippen LogP) is 0.201. The summed E-state index contributed by atoms with van der Waals surface area (Å²) in [5.74, 6) is -0.410. The Morgan fingerprint density at radius 3 is 2.56 bits per heavy atom. The number of rotatable bonds is 3. The van der Waals surface area contributed by atoms with Gasteiger partial charge in [0.2, 0.25) is 11.8 Å². The highest BCUT2D eigenvalue weighted by molar-refractivity contribution is 6.04. The average Bonchev–Trinajstić information content (AvgIpc) is 3.12. The molecule has 2 saturated heterocycles. The van der Waals surface area contributed by atoms with Crippen molar-refractivity contribution in [1.29, 1.82) is 0 Å². The first-order valence-electron chi connectivity index (χ1n) is 8.35. The first kappa shape index (κ1) is 16.0. The van der Waals surface area contributed by atoms with Gasteiger partial charge in [-0.2, -0.15) is 5.01 Å². The third-order valence-electron chi connectivity index (χ3n) is 4.71. The highest BCUT2D eigenvalue weighted by Crippen LogP contribution is 2.30. The number of hydrogen-bond donors (Lipinski definition) is 1. The number of imide groups is 1. The maximum Gasteiger partial charge on any atom is 0.273 e. The fourth-order valence-electron chi connectivity index (χ4n) is 3.37. The molecule has 3 heterocycles. The van der Waals surface area contributed by atoms with E-state index in [0.29, 0.717) is 30.9 Å². The summed E-state index contributed by atoms with van der Waals surface area (Å²) in [5.41, 5.74) is 7.12. The lowest BCUT2D eigenvalue weighted by atomic mass is 10.1. The van der Waals surface area contributed by atoms with E-state index in [1.54, 1.807) is 18.2 Å². The maximum atomic E-state index is 12.6. The predicted molar refractivity (Wildman–Crippen MR) is 85.2 cm³/mol. The Bertz CT molecular complexity index is 734. The third-order valence-corrected chi connectivity index (χ3v) is 4.71. The number of benzene rings is 1. The van der Waals surface area contributed by atoms with Crippen LogP contribution in [-0.2, 0) is 20.9 Å². The second-order valence-electron chi connectivity index (χ2n) is 6.49. The number of hydrazine groups is 1. The van der Waals surface area contributed by atoms with E-state index in [1.807, 2.05) is 0 Å². The van der Waals surface area contributed by atoms with Gasteiger partial charge in [-0.25, -0.2) is 5.01 Å². The summed E-state index contributed by atoms with van der Waals surface area (Å²) < 4.78 is 11.1. The second kappa shape index (κ2) is 6.12. The zero-order valence-corrected chi connectivity index (χ0v) is 13.6. The molecule has 25 heavy (non-hydrogen) atoms. The van der Waals surface area contributed by atoms with E-state index in [2.05, 4.69) is 0 Å². The van der Waals surface area contributed by atoms with Crippen LogP contribution in [0.4, 0.5) is 0 Å². The fraction of sp³-hybridized carbons (Fsp3) is 0.471. The number of carbonyl (C=O) groups is 3. The second-order valence-corrected chi connectivity index (χ2v) is 6.49. The molecule has 8 heteroatoms. The van der Waals surface area contributed by atoms with E-state index in [-0.39, 0.29) is 49.3 Å². The summed E-state index contributed by atoms with van der Waals surface area (Å²) in [4.78, 5) is 36.8. The van der Waals surface area contributed by atoms with Crippen molar-refractivity contribution in [2.24, 2.45) is 5.73 Å². The average molecular weight is 345 g/mol. The summed E-state index contributed by atoms with van der Waals surface area (Å²) in [6.45, 7) is 1.07. The molecule has 0 bridgehead atoms. The van der Waals surface area contributed by atoms with Crippen LogP contribution in [0.1, 0.15) is 35.2 Å². The monoisotopic (exact) mass is 345 g/mol. The molecule has 3 aliphatic heterocycles. The molecule has 3 amide bonds. The maximum absolute atomic E-state index is 12.6. The Kier molecular flexibility index (Phi) is 3.93. The van der Waals surface area contributed by atoms with E-state index >= 15 is 0 Å². The summed E-state index contributed by atoms with van der Waals surface area (Å²) in [6, 6.07) is 4.94. The van der Waals surface area contributed by atoms with Crippen LogP contribution in [0.3, 0.4) is 0 Å². The summed E-state index contributed by atoms with van der Waals surface area (Å²) in [7, 11) is 0. The molecular weight excluding hydrogens is 326 g/mol. The summed E-state index contributed by atoms with van der Waals surface area (Å²) >= 11 is 0. The topological polar surface area (TPSA) is 102 Å². The van der Waals surface area contributed by atoms with E-state index in [9.17, 15) is 14.4 Å². The molecule has 2 N–H and O–H groups in total. The van der Waals surface area contributed by atoms with Crippen molar-refractivity contribution in [2.75, 3.05) is 13.2 Å². The van der Waals surface area contributed by atoms with Crippen molar-refractivity contribution in [2.45, 2.75) is 38.0 Å². The van der Waals surface area contributed by atoms with Crippen molar-refractivity contribution in [3.05, 3.63) is 29.3 Å². The van der Waals surface area contributed by atoms with Crippen LogP contribution in [0.5, 0.6) is 5.75 Å². The highest BCUT2D eigenvalue weighted by Gasteiger charge is 2.39. The molecule has 2 atom stereocenters. The standard InChI is InChI=1S/C17H19N3O5/c18-13-8-24-9-14(13)25-11-4-5-12-10(6-11)7-19(17(12)23)20-15(21)2-1-3-16(20)22/h4-6,13-14H,1-3,7-9,18H2/t13-,14-/m0/s1. The molecule has 0 aliphatic carbocycles. The molecule has 1 aromatic rings. The largest absolute Gasteiger partial charge is 0.486 e. The number of piperidine rings is 1. The molecule has 0 spiro atoms. The SMILES string of the molecule is N[C@H]1COC[C@@H]1Oc1ccc2c(c1)CN(N1C(=O)CCCC1=O)C2=O.